The van der Waals surface area contributed by atoms with Crippen LogP contribution in [0.4, 0.5) is 4.39 Å². The molecule has 1 atom stereocenters. The van der Waals surface area contributed by atoms with Gasteiger partial charge in [0.2, 0.25) is 0 Å². The molecule has 3 aromatic carbocycles. The molecule has 4 rings (SSSR count). The van der Waals surface area contributed by atoms with E-state index in [0.717, 1.165) is 22.9 Å². The molecule has 1 aliphatic heterocycles. The van der Waals surface area contributed by atoms with Crippen LogP contribution in [0.15, 0.2) is 84.0 Å². The minimum absolute atomic E-state index is 0.167. The Kier molecular flexibility index (Phi) is 8.07. The molecule has 0 aliphatic carbocycles. The molecule has 1 heterocycles. The number of halogens is 1. The number of amides is 2. The Hall–Kier alpha value is -4.04. The van der Waals surface area contributed by atoms with Crippen molar-refractivity contribution >= 4 is 17.5 Å². The number of methoxy groups -OCH3 is 2. The fourth-order valence-electron chi connectivity index (χ4n) is 4.15. The first-order chi connectivity index (χ1) is 17.5. The van der Waals surface area contributed by atoms with E-state index in [0.29, 0.717) is 12.2 Å². The van der Waals surface area contributed by atoms with Gasteiger partial charge in [0.15, 0.2) is 0 Å². The zero-order chi connectivity index (χ0) is 25.5. The fraction of sp³-hybridized carbons (Fsp3) is 0.250. The molecule has 186 valence electrons. The van der Waals surface area contributed by atoms with Gasteiger partial charge in [0.25, 0.3) is 11.8 Å². The maximum absolute atomic E-state index is 13.8. The molecule has 0 N–H and O–H groups in total. The third kappa shape index (κ3) is 5.78. The van der Waals surface area contributed by atoms with E-state index in [-0.39, 0.29) is 37.2 Å². The predicted molar refractivity (Wildman–Crippen MR) is 134 cm³/mol. The highest BCUT2D eigenvalue weighted by Gasteiger charge is 2.34. The number of benzene rings is 3. The number of ether oxygens (including phenoxy) is 2. The average Bonchev–Trinajstić information content (AvgIpc) is 3.37. The highest BCUT2D eigenvalue weighted by molar-refractivity contribution is 6.04. The smallest absolute Gasteiger partial charge is 0.262 e. The number of carbonyl (C=O) groups is 2. The Morgan fingerprint density at radius 3 is 2.53 bits per heavy atom. The maximum Gasteiger partial charge on any atom is 0.262 e. The van der Waals surface area contributed by atoms with Crippen LogP contribution in [0.25, 0.3) is 0 Å². The van der Waals surface area contributed by atoms with Gasteiger partial charge in [0.05, 0.1) is 25.5 Å². The molecule has 0 saturated carbocycles. The second-order valence-corrected chi connectivity index (χ2v) is 8.38. The Balaban J connectivity index is 1.63. The SMILES string of the molecule is COCCN(CC(=O)N1N=C(c2cccc(OC)c2)C[C@@H]1c1ccccc1)C(=O)c1cccc(F)c1. The standard InChI is InChI=1S/C28H28FN3O4/c1-35-15-14-31(28(34)22-11-6-12-23(29)16-22)19-27(33)32-26(20-8-4-3-5-9-20)18-25(30-32)21-10-7-13-24(17-21)36-2/h3-13,16-17,26H,14-15,18-19H2,1-2H3/t26-/m1/s1. The molecule has 0 fully saturated rings. The third-order valence-electron chi connectivity index (χ3n) is 6.00. The van der Waals surface area contributed by atoms with Crippen molar-refractivity contribution in [3.8, 4) is 5.75 Å². The molecule has 7 nitrogen and oxygen atoms in total. The van der Waals surface area contributed by atoms with Crippen LogP contribution in [-0.2, 0) is 9.53 Å². The van der Waals surface area contributed by atoms with Crippen LogP contribution in [0.1, 0.15) is 33.9 Å². The molecule has 2 amide bonds. The molecule has 0 radical (unpaired) electrons. The molecule has 0 spiro atoms. The van der Waals surface area contributed by atoms with Gasteiger partial charge in [-0.05, 0) is 35.9 Å². The number of rotatable bonds is 9. The molecule has 1 aliphatic rings. The highest BCUT2D eigenvalue weighted by atomic mass is 19.1. The van der Waals surface area contributed by atoms with Crippen LogP contribution in [0.3, 0.4) is 0 Å². The van der Waals surface area contributed by atoms with E-state index < -0.39 is 11.7 Å². The molecule has 36 heavy (non-hydrogen) atoms. The van der Waals surface area contributed by atoms with Crippen LogP contribution in [0, 0.1) is 5.82 Å². The van der Waals surface area contributed by atoms with Crippen LogP contribution < -0.4 is 4.74 Å². The van der Waals surface area contributed by atoms with Gasteiger partial charge < -0.3 is 14.4 Å². The number of hydrogen-bond acceptors (Lipinski definition) is 5. The van der Waals surface area contributed by atoms with Crippen molar-refractivity contribution < 1.29 is 23.5 Å². The van der Waals surface area contributed by atoms with Gasteiger partial charge in [-0.3, -0.25) is 9.59 Å². The number of nitrogens with zero attached hydrogens (tertiary/aromatic N) is 3. The van der Waals surface area contributed by atoms with E-state index in [1.54, 1.807) is 7.11 Å². The molecular weight excluding hydrogens is 461 g/mol. The number of hydrazone groups is 1. The highest BCUT2D eigenvalue weighted by Crippen LogP contribution is 2.33. The predicted octanol–water partition coefficient (Wildman–Crippen LogP) is 4.30. The average molecular weight is 490 g/mol. The second-order valence-electron chi connectivity index (χ2n) is 8.38. The first kappa shape index (κ1) is 25.1. The van der Waals surface area contributed by atoms with Crippen LogP contribution >= 0.6 is 0 Å². The van der Waals surface area contributed by atoms with Crippen molar-refractivity contribution in [3.05, 3.63) is 101 Å². The summed E-state index contributed by atoms with van der Waals surface area (Å²) in [6.45, 7) is 0.180. The molecular formula is C28H28FN3O4. The van der Waals surface area contributed by atoms with Crippen LogP contribution in [0.5, 0.6) is 5.75 Å². The van der Waals surface area contributed by atoms with Crippen molar-refractivity contribution in [1.29, 1.82) is 0 Å². The molecule has 3 aromatic rings. The van der Waals surface area contributed by atoms with Crippen molar-refractivity contribution in [1.82, 2.24) is 9.91 Å². The van der Waals surface area contributed by atoms with E-state index in [1.165, 1.54) is 35.2 Å². The quantitative estimate of drug-likeness (QED) is 0.449. The summed E-state index contributed by atoms with van der Waals surface area (Å²) < 4.78 is 24.2. The van der Waals surface area contributed by atoms with E-state index in [2.05, 4.69) is 5.10 Å². The monoisotopic (exact) mass is 489 g/mol. The minimum atomic E-state index is -0.518. The zero-order valence-corrected chi connectivity index (χ0v) is 20.3. The van der Waals surface area contributed by atoms with Crippen LogP contribution in [-0.4, -0.2) is 61.4 Å². The molecule has 0 saturated heterocycles. The summed E-state index contributed by atoms with van der Waals surface area (Å²) in [5.41, 5.74) is 2.71. The molecule has 0 aromatic heterocycles. The fourth-order valence-corrected chi connectivity index (χ4v) is 4.15. The largest absolute Gasteiger partial charge is 0.497 e. The van der Waals surface area contributed by atoms with Gasteiger partial charge in [0, 0.05) is 31.2 Å². The Morgan fingerprint density at radius 1 is 1.03 bits per heavy atom. The first-order valence-corrected chi connectivity index (χ1v) is 11.6. The van der Waals surface area contributed by atoms with E-state index in [4.69, 9.17) is 9.47 Å². The normalized spacial score (nSPS) is 14.9. The summed E-state index contributed by atoms with van der Waals surface area (Å²) in [6.07, 6.45) is 0.513. The van der Waals surface area contributed by atoms with Crippen molar-refractivity contribution in [2.45, 2.75) is 12.5 Å². The lowest BCUT2D eigenvalue weighted by Gasteiger charge is -2.27. The molecule has 0 unspecified atom stereocenters. The van der Waals surface area contributed by atoms with E-state index >= 15 is 0 Å². The lowest BCUT2D eigenvalue weighted by Crippen LogP contribution is -2.42. The van der Waals surface area contributed by atoms with Crippen molar-refractivity contribution in [3.63, 3.8) is 0 Å². The summed E-state index contributed by atoms with van der Waals surface area (Å²) in [5.74, 6) is -0.618. The van der Waals surface area contributed by atoms with Gasteiger partial charge in [-0.15, -0.1) is 0 Å². The van der Waals surface area contributed by atoms with Crippen LogP contribution in [0.2, 0.25) is 0 Å². The van der Waals surface area contributed by atoms with Gasteiger partial charge in [-0.25, -0.2) is 9.40 Å². The third-order valence-corrected chi connectivity index (χ3v) is 6.00. The summed E-state index contributed by atoms with van der Waals surface area (Å²) in [4.78, 5) is 28.1. The molecule has 8 heteroatoms. The second kappa shape index (κ2) is 11.6. The topological polar surface area (TPSA) is 71.4 Å². The number of carbonyl (C=O) groups excluding carboxylic acids is 2. The Labute approximate surface area is 209 Å². The van der Waals surface area contributed by atoms with Crippen molar-refractivity contribution in [2.75, 3.05) is 33.9 Å². The van der Waals surface area contributed by atoms with E-state index in [1.807, 2.05) is 54.6 Å². The molecule has 0 bridgehead atoms. The zero-order valence-electron chi connectivity index (χ0n) is 20.3. The van der Waals surface area contributed by atoms with Gasteiger partial charge in [-0.2, -0.15) is 5.10 Å². The minimum Gasteiger partial charge on any atom is -0.497 e. The Morgan fingerprint density at radius 2 is 1.81 bits per heavy atom. The van der Waals surface area contributed by atoms with E-state index in [9.17, 15) is 14.0 Å². The van der Waals surface area contributed by atoms with Gasteiger partial charge in [-0.1, -0.05) is 48.5 Å². The summed E-state index contributed by atoms with van der Waals surface area (Å²) in [6, 6.07) is 22.3. The summed E-state index contributed by atoms with van der Waals surface area (Å²) >= 11 is 0. The first-order valence-electron chi connectivity index (χ1n) is 11.6. The maximum atomic E-state index is 13.8. The van der Waals surface area contributed by atoms with Gasteiger partial charge >= 0.3 is 0 Å². The lowest BCUT2D eigenvalue weighted by molar-refractivity contribution is -0.133. The summed E-state index contributed by atoms with van der Waals surface area (Å²) in [7, 11) is 3.12. The van der Waals surface area contributed by atoms with Gasteiger partial charge in [0.1, 0.15) is 18.1 Å². The summed E-state index contributed by atoms with van der Waals surface area (Å²) in [5, 5.41) is 6.13. The Bertz CT molecular complexity index is 1250. The number of hydrogen-bond donors (Lipinski definition) is 0. The van der Waals surface area contributed by atoms with Crippen molar-refractivity contribution in [2.24, 2.45) is 5.10 Å². The lowest BCUT2D eigenvalue weighted by atomic mass is 9.98.